The molecule has 0 N–H and O–H groups in total. The molecule has 0 saturated carbocycles. The lowest BCUT2D eigenvalue weighted by molar-refractivity contribution is 0.0682. The van der Waals surface area contributed by atoms with Gasteiger partial charge in [0, 0.05) is 20.1 Å². The number of aryl methyl sites for hydroxylation is 1. The molecule has 2 atom stereocenters. The van der Waals surface area contributed by atoms with Crippen molar-refractivity contribution in [3.05, 3.63) is 16.4 Å². The minimum absolute atomic E-state index is 0.220. The lowest BCUT2D eigenvalue weighted by Gasteiger charge is -2.18. The molecule has 2 aliphatic rings. The van der Waals surface area contributed by atoms with Gasteiger partial charge in [-0.3, -0.25) is 4.68 Å². The number of hydrogen-bond acceptors (Lipinski definition) is 3. The van der Waals surface area contributed by atoms with Crippen LogP contribution in [0.25, 0.3) is 0 Å². The van der Waals surface area contributed by atoms with Gasteiger partial charge >= 0.3 is 0 Å². The number of hydrogen-bond donors (Lipinski definition) is 0. The average Bonchev–Trinajstić information content (AvgIpc) is 2.81. The molecule has 1 aromatic rings. The minimum Gasteiger partial charge on any atom is -0.378 e. The third-order valence-electron chi connectivity index (χ3n) is 2.95. The first-order chi connectivity index (χ1) is 6.74. The van der Waals surface area contributed by atoms with Crippen LogP contribution in [0.15, 0.2) is 10.7 Å². The quantitative estimate of drug-likeness (QED) is 0.711. The lowest BCUT2D eigenvalue weighted by Crippen LogP contribution is -2.28. The van der Waals surface area contributed by atoms with Gasteiger partial charge in [-0.15, -0.1) is 0 Å². The van der Waals surface area contributed by atoms with Gasteiger partial charge in [-0.1, -0.05) is 0 Å². The summed E-state index contributed by atoms with van der Waals surface area (Å²) in [6, 6.07) is 0. The van der Waals surface area contributed by atoms with Gasteiger partial charge in [0.05, 0.1) is 29.1 Å². The second-order valence-electron chi connectivity index (χ2n) is 3.80. The highest BCUT2D eigenvalue weighted by Gasteiger charge is 2.61. The van der Waals surface area contributed by atoms with Crippen LogP contribution in [-0.2, 0) is 22.1 Å². The SMILES string of the molecule is Cn1ncc(Br)c1C12COCCC1O2. The molecule has 0 radical (unpaired) electrons. The maximum absolute atomic E-state index is 5.76. The third-order valence-corrected chi connectivity index (χ3v) is 3.53. The number of halogens is 1. The zero-order valence-corrected chi connectivity index (χ0v) is 9.45. The first-order valence-corrected chi connectivity index (χ1v) is 5.47. The van der Waals surface area contributed by atoms with E-state index in [1.165, 1.54) is 0 Å². The van der Waals surface area contributed by atoms with E-state index in [0.717, 1.165) is 23.2 Å². The smallest absolute Gasteiger partial charge is 0.160 e. The predicted molar refractivity (Wildman–Crippen MR) is 52.9 cm³/mol. The number of epoxide rings is 1. The average molecular weight is 259 g/mol. The number of nitrogens with zero attached hydrogens (tertiary/aromatic N) is 2. The van der Waals surface area contributed by atoms with Crippen LogP contribution in [0.2, 0.25) is 0 Å². The van der Waals surface area contributed by atoms with Crippen LogP contribution in [0, 0.1) is 0 Å². The molecule has 4 nitrogen and oxygen atoms in total. The largest absolute Gasteiger partial charge is 0.378 e. The van der Waals surface area contributed by atoms with Crippen molar-refractivity contribution in [1.82, 2.24) is 9.78 Å². The number of aromatic nitrogens is 2. The van der Waals surface area contributed by atoms with Crippen LogP contribution in [-0.4, -0.2) is 29.1 Å². The molecular formula is C9H11BrN2O2. The molecular weight excluding hydrogens is 248 g/mol. The normalized spacial score (nSPS) is 35.4. The van der Waals surface area contributed by atoms with Crippen molar-refractivity contribution in [2.24, 2.45) is 7.05 Å². The molecule has 0 bridgehead atoms. The van der Waals surface area contributed by atoms with E-state index in [0.29, 0.717) is 12.7 Å². The molecule has 76 valence electrons. The van der Waals surface area contributed by atoms with Crippen LogP contribution in [0.1, 0.15) is 12.1 Å². The summed E-state index contributed by atoms with van der Waals surface area (Å²) >= 11 is 3.50. The molecule has 2 unspecified atom stereocenters. The van der Waals surface area contributed by atoms with Gasteiger partial charge in [0.25, 0.3) is 0 Å². The molecule has 0 amide bonds. The maximum atomic E-state index is 5.76. The fraction of sp³-hybridized carbons (Fsp3) is 0.667. The molecule has 0 spiro atoms. The monoisotopic (exact) mass is 258 g/mol. The van der Waals surface area contributed by atoms with E-state index in [4.69, 9.17) is 9.47 Å². The fourth-order valence-electron chi connectivity index (χ4n) is 2.22. The van der Waals surface area contributed by atoms with Crippen molar-refractivity contribution in [2.45, 2.75) is 18.1 Å². The van der Waals surface area contributed by atoms with E-state index < -0.39 is 0 Å². The molecule has 3 rings (SSSR count). The third kappa shape index (κ3) is 1.03. The standard InChI is InChI=1S/C9H11BrN2O2/c1-12-8(6(10)4-11-12)9-5-13-3-2-7(9)14-9/h4,7H,2-3,5H2,1H3. The summed E-state index contributed by atoms with van der Waals surface area (Å²) in [6.45, 7) is 1.46. The molecule has 2 aliphatic heterocycles. The summed E-state index contributed by atoms with van der Waals surface area (Å²) in [7, 11) is 1.93. The highest BCUT2D eigenvalue weighted by molar-refractivity contribution is 9.10. The Kier molecular flexibility index (Phi) is 1.78. The Labute approximate surface area is 90.3 Å². The Bertz CT molecular complexity index is 359. The van der Waals surface area contributed by atoms with E-state index in [-0.39, 0.29) is 5.60 Å². The highest BCUT2D eigenvalue weighted by Crippen LogP contribution is 2.52. The van der Waals surface area contributed by atoms with Gasteiger partial charge in [-0.05, 0) is 15.9 Å². The van der Waals surface area contributed by atoms with Crippen LogP contribution < -0.4 is 0 Å². The Morgan fingerprint density at radius 2 is 2.57 bits per heavy atom. The summed E-state index contributed by atoms with van der Waals surface area (Å²) in [5.41, 5.74) is 0.879. The second-order valence-corrected chi connectivity index (χ2v) is 4.66. The van der Waals surface area contributed by atoms with Crippen molar-refractivity contribution >= 4 is 15.9 Å². The lowest BCUT2D eigenvalue weighted by atomic mass is 9.98. The second kappa shape index (κ2) is 2.81. The van der Waals surface area contributed by atoms with Gasteiger partial charge in [-0.2, -0.15) is 5.10 Å². The van der Waals surface area contributed by atoms with Crippen molar-refractivity contribution in [3.8, 4) is 0 Å². The molecule has 2 fully saturated rings. The Balaban J connectivity index is 2.03. The summed E-state index contributed by atoms with van der Waals surface area (Å²) in [4.78, 5) is 0. The molecule has 14 heavy (non-hydrogen) atoms. The van der Waals surface area contributed by atoms with Gasteiger partial charge < -0.3 is 9.47 Å². The topological polar surface area (TPSA) is 39.6 Å². The van der Waals surface area contributed by atoms with Gasteiger partial charge in [0.1, 0.15) is 0 Å². The van der Waals surface area contributed by atoms with E-state index in [1.807, 2.05) is 11.7 Å². The van der Waals surface area contributed by atoms with E-state index in [9.17, 15) is 0 Å². The molecule has 0 aromatic carbocycles. The zero-order chi connectivity index (χ0) is 9.76. The Morgan fingerprint density at radius 1 is 1.71 bits per heavy atom. The summed E-state index contributed by atoms with van der Waals surface area (Å²) in [6.07, 6.45) is 3.11. The first kappa shape index (κ1) is 8.88. The number of fused-ring (bicyclic) bond motifs is 1. The summed E-state index contributed by atoms with van der Waals surface area (Å²) < 4.78 is 14.1. The zero-order valence-electron chi connectivity index (χ0n) is 7.86. The van der Waals surface area contributed by atoms with Crippen molar-refractivity contribution in [2.75, 3.05) is 13.2 Å². The Hall–Kier alpha value is -0.390. The highest BCUT2D eigenvalue weighted by atomic mass is 79.9. The minimum atomic E-state index is -0.220. The van der Waals surface area contributed by atoms with E-state index >= 15 is 0 Å². The first-order valence-electron chi connectivity index (χ1n) is 4.67. The van der Waals surface area contributed by atoms with Crippen LogP contribution >= 0.6 is 15.9 Å². The summed E-state index contributed by atoms with van der Waals surface area (Å²) in [5.74, 6) is 0. The van der Waals surface area contributed by atoms with E-state index in [2.05, 4.69) is 21.0 Å². The van der Waals surface area contributed by atoms with Crippen molar-refractivity contribution in [3.63, 3.8) is 0 Å². The number of rotatable bonds is 1. The molecule has 0 aliphatic carbocycles. The van der Waals surface area contributed by atoms with Gasteiger partial charge in [0.15, 0.2) is 5.60 Å². The molecule has 2 saturated heterocycles. The maximum Gasteiger partial charge on any atom is 0.160 e. The molecule has 1 aromatic heterocycles. The summed E-state index contributed by atoms with van der Waals surface area (Å²) in [5, 5.41) is 4.20. The Morgan fingerprint density at radius 3 is 3.21 bits per heavy atom. The van der Waals surface area contributed by atoms with Gasteiger partial charge in [0.2, 0.25) is 0 Å². The molecule has 3 heterocycles. The van der Waals surface area contributed by atoms with Crippen LogP contribution in [0.3, 0.4) is 0 Å². The van der Waals surface area contributed by atoms with Crippen molar-refractivity contribution in [1.29, 1.82) is 0 Å². The fourth-order valence-corrected chi connectivity index (χ4v) is 2.90. The number of ether oxygens (including phenoxy) is 2. The molecule has 5 heteroatoms. The van der Waals surface area contributed by atoms with E-state index in [1.54, 1.807) is 6.20 Å². The van der Waals surface area contributed by atoms with Crippen LogP contribution in [0.5, 0.6) is 0 Å². The predicted octanol–water partition coefficient (Wildman–Crippen LogP) is 1.20. The van der Waals surface area contributed by atoms with Crippen molar-refractivity contribution < 1.29 is 9.47 Å². The van der Waals surface area contributed by atoms with Gasteiger partial charge in [-0.25, -0.2) is 0 Å². The van der Waals surface area contributed by atoms with Crippen LogP contribution in [0.4, 0.5) is 0 Å².